The van der Waals surface area contributed by atoms with Crippen molar-refractivity contribution >= 4 is 39.8 Å². The molecule has 2 saturated heterocycles. The minimum Gasteiger partial charge on any atom is -0.462 e. The molecule has 4 heterocycles. The largest absolute Gasteiger partial charge is 0.462 e. The number of ether oxygens (including phenoxy) is 1. The van der Waals surface area contributed by atoms with Crippen LogP contribution in [0.2, 0.25) is 5.02 Å². The van der Waals surface area contributed by atoms with E-state index in [9.17, 15) is 15.3 Å². The van der Waals surface area contributed by atoms with Crippen LogP contribution in [0.4, 0.5) is 11.5 Å². The van der Waals surface area contributed by atoms with E-state index in [0.717, 1.165) is 83.8 Å². The molecule has 3 fully saturated rings. The maximum Gasteiger partial charge on any atom is 0.318 e. The average Bonchev–Trinajstić information content (AvgIpc) is 3.82. The van der Waals surface area contributed by atoms with E-state index in [2.05, 4.69) is 58.2 Å². The number of allylic oxidation sites excluding steroid dienone is 1. The third kappa shape index (κ3) is 6.45. The lowest BCUT2D eigenvalue weighted by molar-refractivity contribution is -0.129. The van der Waals surface area contributed by atoms with Crippen LogP contribution in [0.25, 0.3) is 10.8 Å². The van der Waals surface area contributed by atoms with Crippen LogP contribution in [0.3, 0.4) is 0 Å². The Bertz CT molecular complexity index is 1790. The van der Waals surface area contributed by atoms with E-state index >= 15 is 0 Å². The summed E-state index contributed by atoms with van der Waals surface area (Å²) in [6.07, 6.45) is 6.95. The molecule has 2 aromatic carbocycles. The van der Waals surface area contributed by atoms with E-state index in [1.54, 1.807) is 11.0 Å². The van der Waals surface area contributed by atoms with Gasteiger partial charge in [-0.05, 0) is 69.1 Å². The molecule has 0 N–H and O–H groups in total. The monoisotopic (exact) mass is 650 g/mol. The molecule has 10 nitrogen and oxygen atoms in total. The number of amides is 1. The van der Waals surface area contributed by atoms with Crippen molar-refractivity contribution in [2.75, 3.05) is 56.2 Å². The summed E-state index contributed by atoms with van der Waals surface area (Å²) in [5, 5.41) is 22.3. The number of benzene rings is 2. The highest BCUT2D eigenvalue weighted by molar-refractivity contribution is 6.36. The van der Waals surface area contributed by atoms with Crippen LogP contribution in [0.15, 0.2) is 48.0 Å². The van der Waals surface area contributed by atoms with Gasteiger partial charge in [-0.15, -0.1) is 0 Å². The molecule has 0 spiro atoms. The van der Waals surface area contributed by atoms with E-state index < -0.39 is 0 Å². The number of hydrogen-bond acceptors (Lipinski definition) is 9. The first-order chi connectivity index (χ1) is 22.9. The van der Waals surface area contributed by atoms with Crippen molar-refractivity contribution in [3.8, 4) is 18.1 Å². The standard InChI is InChI=1S/C36H39ClN8O2/c1-42-15-4-7-28(42)23-47-36-40-31-22-43(32-9-3-6-25-5-2-8-30(37)33(25)32)16-13-29(31)34(41-36)44-17-18-45(27(21-44)12-14-38)35(46)26(20-39)19-24-10-11-24/h2-3,5-6,8-9,19,24,27-28H,4,7,10-13,15-18,21-23H2,1H3/b26-19+/t27-,28-/m0/s1. The minimum atomic E-state index is -0.364. The number of carbonyl (C=O) groups is 1. The van der Waals surface area contributed by atoms with Crippen molar-refractivity contribution < 1.29 is 9.53 Å². The molecule has 4 aliphatic rings. The maximum atomic E-state index is 13.5. The van der Waals surface area contributed by atoms with Crippen molar-refractivity contribution in [2.45, 2.75) is 57.2 Å². The normalized spacial score (nSPS) is 21.8. The number of anilines is 2. The lowest BCUT2D eigenvalue weighted by Crippen LogP contribution is -2.56. The van der Waals surface area contributed by atoms with E-state index in [1.165, 1.54) is 0 Å². The Hall–Kier alpha value is -4.38. The molecular weight excluding hydrogens is 612 g/mol. The van der Waals surface area contributed by atoms with Gasteiger partial charge in [-0.1, -0.05) is 41.9 Å². The summed E-state index contributed by atoms with van der Waals surface area (Å²) in [7, 11) is 2.13. The highest BCUT2D eigenvalue weighted by Gasteiger charge is 2.36. The zero-order chi connectivity index (χ0) is 32.5. The number of nitriles is 2. The molecule has 242 valence electrons. The summed E-state index contributed by atoms with van der Waals surface area (Å²) in [5.74, 6) is 0.839. The predicted molar refractivity (Wildman–Crippen MR) is 181 cm³/mol. The number of hydrogen-bond donors (Lipinski definition) is 0. The Morgan fingerprint density at radius 1 is 1.04 bits per heavy atom. The van der Waals surface area contributed by atoms with Gasteiger partial charge in [0.15, 0.2) is 0 Å². The second-order valence-corrected chi connectivity index (χ2v) is 13.5. The topological polar surface area (TPSA) is 113 Å². The molecule has 3 aromatic rings. The quantitative estimate of drug-likeness (QED) is 0.242. The summed E-state index contributed by atoms with van der Waals surface area (Å²) < 4.78 is 6.32. The number of rotatable bonds is 8. The van der Waals surface area contributed by atoms with Gasteiger partial charge in [0.05, 0.1) is 35.8 Å². The summed E-state index contributed by atoms with van der Waals surface area (Å²) in [6.45, 7) is 4.29. The number of likely N-dealkylation sites (N-methyl/N-ethyl adjacent to an activating group) is 1. The number of likely N-dealkylation sites (tertiary alicyclic amines) is 1. The van der Waals surface area contributed by atoms with Gasteiger partial charge in [-0.2, -0.15) is 20.5 Å². The van der Waals surface area contributed by atoms with Crippen LogP contribution < -0.4 is 14.5 Å². The van der Waals surface area contributed by atoms with Crippen LogP contribution in [-0.2, 0) is 17.8 Å². The first-order valence-corrected chi connectivity index (χ1v) is 17.0. The van der Waals surface area contributed by atoms with Gasteiger partial charge >= 0.3 is 6.01 Å². The fourth-order valence-corrected chi connectivity index (χ4v) is 7.50. The molecule has 1 aromatic heterocycles. The van der Waals surface area contributed by atoms with Gasteiger partial charge < -0.3 is 24.3 Å². The minimum absolute atomic E-state index is 0.171. The maximum absolute atomic E-state index is 13.5. The van der Waals surface area contributed by atoms with Crippen LogP contribution in [0.1, 0.15) is 43.4 Å². The number of aromatic nitrogens is 2. The lowest BCUT2D eigenvalue weighted by Gasteiger charge is -2.42. The second-order valence-electron chi connectivity index (χ2n) is 13.1. The molecule has 2 atom stereocenters. The van der Waals surface area contributed by atoms with Gasteiger partial charge in [0, 0.05) is 48.9 Å². The Kier molecular flexibility index (Phi) is 8.90. The summed E-state index contributed by atoms with van der Waals surface area (Å²) in [6, 6.07) is 16.9. The third-order valence-electron chi connectivity index (χ3n) is 10.0. The molecule has 1 saturated carbocycles. The summed E-state index contributed by atoms with van der Waals surface area (Å²) in [4.78, 5) is 32.0. The molecule has 0 unspecified atom stereocenters. The smallest absolute Gasteiger partial charge is 0.318 e. The number of piperazine rings is 1. The summed E-state index contributed by atoms with van der Waals surface area (Å²) >= 11 is 6.72. The zero-order valence-corrected chi connectivity index (χ0v) is 27.5. The molecule has 7 rings (SSSR count). The zero-order valence-electron chi connectivity index (χ0n) is 26.7. The van der Waals surface area contributed by atoms with Crippen LogP contribution >= 0.6 is 11.6 Å². The van der Waals surface area contributed by atoms with Gasteiger partial charge in [-0.25, -0.2) is 0 Å². The molecule has 1 aliphatic carbocycles. The Balaban J connectivity index is 1.20. The lowest BCUT2D eigenvalue weighted by atomic mass is 10.0. The first-order valence-electron chi connectivity index (χ1n) is 16.6. The van der Waals surface area contributed by atoms with E-state index in [0.29, 0.717) is 50.8 Å². The van der Waals surface area contributed by atoms with Gasteiger partial charge in [0.1, 0.15) is 24.1 Å². The van der Waals surface area contributed by atoms with Crippen molar-refractivity contribution in [1.29, 1.82) is 10.5 Å². The van der Waals surface area contributed by atoms with Crippen LogP contribution in [0, 0.1) is 28.6 Å². The number of fused-ring (bicyclic) bond motifs is 2. The van der Waals surface area contributed by atoms with Crippen molar-refractivity contribution in [3.05, 3.63) is 64.3 Å². The van der Waals surface area contributed by atoms with Crippen molar-refractivity contribution in [1.82, 2.24) is 19.8 Å². The molecule has 1 amide bonds. The second kappa shape index (κ2) is 13.4. The van der Waals surface area contributed by atoms with Gasteiger partial charge in [-0.3, -0.25) is 4.79 Å². The highest BCUT2D eigenvalue weighted by Crippen LogP contribution is 2.38. The van der Waals surface area contributed by atoms with E-state index in [1.807, 2.05) is 12.1 Å². The van der Waals surface area contributed by atoms with Crippen molar-refractivity contribution in [3.63, 3.8) is 0 Å². The predicted octanol–water partition coefficient (Wildman–Crippen LogP) is 5.11. The first kappa shape index (κ1) is 31.2. The molecule has 47 heavy (non-hydrogen) atoms. The summed E-state index contributed by atoms with van der Waals surface area (Å²) in [5.41, 5.74) is 3.24. The third-order valence-corrected chi connectivity index (χ3v) is 10.3. The van der Waals surface area contributed by atoms with E-state index in [4.69, 9.17) is 26.3 Å². The molecule has 0 radical (unpaired) electrons. The number of carbonyl (C=O) groups excluding carboxylic acids is 1. The molecule has 0 bridgehead atoms. The van der Waals surface area contributed by atoms with Crippen molar-refractivity contribution in [2.24, 2.45) is 5.92 Å². The van der Waals surface area contributed by atoms with Gasteiger partial charge in [0.2, 0.25) is 0 Å². The Labute approximate surface area is 280 Å². The fourth-order valence-electron chi connectivity index (χ4n) is 7.23. The van der Waals surface area contributed by atoms with Crippen LogP contribution in [0.5, 0.6) is 6.01 Å². The molecular formula is C36H39ClN8O2. The van der Waals surface area contributed by atoms with Gasteiger partial charge in [0.25, 0.3) is 5.91 Å². The molecule has 3 aliphatic heterocycles. The average molecular weight is 651 g/mol. The Morgan fingerprint density at radius 3 is 2.62 bits per heavy atom. The molecule has 11 heteroatoms. The van der Waals surface area contributed by atoms with Crippen LogP contribution in [-0.4, -0.2) is 84.1 Å². The SMILES string of the molecule is CN1CCC[C@H]1COc1nc2c(c(N3CCN(C(=O)/C(C#N)=C/C4CC4)[C@@H](CC#N)C3)n1)CCN(c1cccc3cccc(Cl)c13)C2. The number of halogens is 1. The highest BCUT2D eigenvalue weighted by atomic mass is 35.5. The Morgan fingerprint density at radius 2 is 1.87 bits per heavy atom. The number of nitrogens with zero attached hydrogens (tertiary/aromatic N) is 8. The fraction of sp³-hybridized carbons (Fsp3) is 0.472. The van der Waals surface area contributed by atoms with E-state index in [-0.39, 0.29) is 23.9 Å².